The molecule has 1 amide bonds. The van der Waals surface area contributed by atoms with Gasteiger partial charge in [-0.25, -0.2) is 9.10 Å². The van der Waals surface area contributed by atoms with Crippen LogP contribution in [-0.2, 0) is 20.3 Å². The normalized spacial score (nSPS) is 19.5. The lowest BCUT2D eigenvalue weighted by atomic mass is 9.99. The van der Waals surface area contributed by atoms with Crippen molar-refractivity contribution in [2.24, 2.45) is 0 Å². The van der Waals surface area contributed by atoms with E-state index in [0.717, 1.165) is 11.1 Å². The molecule has 0 spiro atoms. The maximum atomic E-state index is 12.9. The lowest BCUT2D eigenvalue weighted by molar-refractivity contribution is -0.267. The first kappa shape index (κ1) is 24.2. The van der Waals surface area contributed by atoms with Crippen LogP contribution < -0.4 is 5.32 Å². The molecule has 0 radical (unpaired) electrons. The van der Waals surface area contributed by atoms with Crippen LogP contribution in [0.3, 0.4) is 0 Å². The molecule has 2 N–H and O–H groups in total. The topological polar surface area (TPSA) is 101 Å². The van der Waals surface area contributed by atoms with Crippen LogP contribution in [0.2, 0.25) is 0 Å². The number of hydrogen-bond acceptors (Lipinski definition) is 7. The minimum atomic E-state index is -1.73. The zero-order valence-corrected chi connectivity index (χ0v) is 19.6. The fourth-order valence-electron chi connectivity index (χ4n) is 3.89. The molecule has 0 aliphatic carbocycles. The molecule has 8 nitrogen and oxygen atoms in total. The van der Waals surface area contributed by atoms with Crippen molar-refractivity contribution in [3.63, 3.8) is 0 Å². The number of hydroxylamine groups is 2. The molecule has 4 rings (SSSR count). The lowest BCUT2D eigenvalue weighted by Crippen LogP contribution is -2.51. The van der Waals surface area contributed by atoms with E-state index in [4.69, 9.17) is 9.54 Å². The summed E-state index contributed by atoms with van der Waals surface area (Å²) in [4.78, 5) is 21.4. The molecule has 2 heterocycles. The van der Waals surface area contributed by atoms with Gasteiger partial charge >= 0.3 is 0 Å². The molecule has 3 aromatic rings. The summed E-state index contributed by atoms with van der Waals surface area (Å²) in [5, 5.41) is 13.6. The summed E-state index contributed by atoms with van der Waals surface area (Å²) in [6.07, 6.45) is 2.61. The Balaban J connectivity index is 1.36. The first-order valence-corrected chi connectivity index (χ1v) is 12.1. The Labute approximate surface area is 201 Å². The average molecular weight is 482 g/mol. The molecule has 1 fully saturated rings. The number of carbonyl (C=O) groups excluding carboxylic acids is 1. The third-order valence-electron chi connectivity index (χ3n) is 5.76. The zero-order valence-electron chi connectivity index (χ0n) is 18.8. The number of amides is 1. The monoisotopic (exact) mass is 481 g/mol. The molecule has 9 heteroatoms. The number of nitrogens with zero attached hydrogens (tertiary/aromatic N) is 2. The highest BCUT2D eigenvalue weighted by Gasteiger charge is 2.32. The Hall–Kier alpha value is -2.95. The number of piperidine rings is 1. The van der Waals surface area contributed by atoms with E-state index < -0.39 is 11.1 Å². The van der Waals surface area contributed by atoms with E-state index in [1.807, 2.05) is 31.2 Å². The van der Waals surface area contributed by atoms with Gasteiger partial charge in [-0.1, -0.05) is 48.0 Å². The first-order valence-electron chi connectivity index (χ1n) is 11.1. The number of benzene rings is 2. The van der Waals surface area contributed by atoms with E-state index in [0.29, 0.717) is 30.0 Å². The summed E-state index contributed by atoms with van der Waals surface area (Å²) in [5.41, 5.74) is 3.64. The van der Waals surface area contributed by atoms with E-state index in [2.05, 4.69) is 27.3 Å². The molecule has 3 unspecified atom stereocenters. The van der Waals surface area contributed by atoms with Crippen molar-refractivity contribution in [1.29, 1.82) is 0 Å². The minimum absolute atomic E-state index is 0.0421. The van der Waals surface area contributed by atoms with E-state index >= 15 is 0 Å². The Morgan fingerprint density at radius 3 is 2.47 bits per heavy atom. The van der Waals surface area contributed by atoms with E-state index in [1.54, 1.807) is 41.6 Å². The molecule has 1 saturated heterocycles. The molecule has 1 aliphatic heterocycles. The molecule has 0 saturated carbocycles. The van der Waals surface area contributed by atoms with Crippen molar-refractivity contribution < 1.29 is 23.4 Å². The summed E-state index contributed by atoms with van der Waals surface area (Å²) in [7, 11) is 0. The second-order valence-electron chi connectivity index (χ2n) is 8.20. The number of hydrogen-bond donors (Lipinski definition) is 2. The summed E-state index contributed by atoms with van der Waals surface area (Å²) in [6.45, 7) is 2.41. The average Bonchev–Trinajstić information content (AvgIpc) is 2.87. The smallest absolute Gasteiger partial charge is 0.270 e. The highest BCUT2D eigenvalue weighted by Crippen LogP contribution is 2.24. The predicted molar refractivity (Wildman–Crippen MR) is 128 cm³/mol. The number of aryl methyl sites for hydroxylation is 1. The Kier molecular flexibility index (Phi) is 8.15. The van der Waals surface area contributed by atoms with Gasteiger partial charge in [0.25, 0.3) is 5.91 Å². The fourth-order valence-corrected chi connectivity index (χ4v) is 4.70. The van der Waals surface area contributed by atoms with Crippen molar-refractivity contribution in [2.45, 2.75) is 36.7 Å². The highest BCUT2D eigenvalue weighted by atomic mass is 32.2. The SMILES string of the molecule is Cc1ccc(-c2ccc(S(=O)ON3CCC(NC(=O)c4ccccn4)CC3COO)cc2)cc1. The van der Waals surface area contributed by atoms with Gasteiger partial charge in [-0.3, -0.25) is 15.0 Å². The second kappa shape index (κ2) is 11.5. The van der Waals surface area contributed by atoms with Crippen LogP contribution in [0, 0.1) is 6.92 Å². The van der Waals surface area contributed by atoms with Crippen LogP contribution in [0.5, 0.6) is 0 Å². The lowest BCUT2D eigenvalue weighted by Gasteiger charge is -2.37. The maximum Gasteiger partial charge on any atom is 0.270 e. The van der Waals surface area contributed by atoms with Crippen LogP contribution >= 0.6 is 0 Å². The fraction of sp³-hybridized carbons (Fsp3) is 0.280. The van der Waals surface area contributed by atoms with Gasteiger partial charge in [0.15, 0.2) is 0 Å². The number of nitrogens with one attached hydrogen (secondary N) is 1. The van der Waals surface area contributed by atoms with Crippen molar-refractivity contribution >= 4 is 17.0 Å². The van der Waals surface area contributed by atoms with Gasteiger partial charge in [0, 0.05) is 18.8 Å². The molecule has 1 aliphatic rings. The van der Waals surface area contributed by atoms with Crippen molar-refractivity contribution in [3.05, 3.63) is 84.2 Å². The summed E-state index contributed by atoms with van der Waals surface area (Å²) in [5.74, 6) is -0.263. The van der Waals surface area contributed by atoms with Crippen molar-refractivity contribution in [3.8, 4) is 11.1 Å². The third-order valence-corrected chi connectivity index (χ3v) is 6.74. The summed E-state index contributed by atoms with van der Waals surface area (Å²) >= 11 is -1.73. The Morgan fingerprint density at radius 1 is 1.12 bits per heavy atom. The van der Waals surface area contributed by atoms with E-state index in [-0.39, 0.29) is 24.6 Å². The number of rotatable bonds is 8. The number of aromatic nitrogens is 1. The molecular formula is C25H27N3O5S. The summed E-state index contributed by atoms with van der Waals surface area (Å²) in [6, 6.07) is 20.2. The maximum absolute atomic E-state index is 12.9. The van der Waals surface area contributed by atoms with Gasteiger partial charge in [-0.2, -0.15) is 9.35 Å². The zero-order chi connectivity index (χ0) is 23.9. The van der Waals surface area contributed by atoms with Gasteiger partial charge in [0.05, 0.1) is 17.5 Å². The standard InChI is InChI=1S/C25H27N3O5S/c1-18-5-7-19(8-6-18)20-9-11-23(12-10-20)34(31)33-28-15-13-21(16-22(28)17-32-30)27-25(29)24-4-2-3-14-26-24/h2-12,14,21-22,30H,13,15-17H2,1H3,(H,27,29). The molecular weight excluding hydrogens is 454 g/mol. The van der Waals surface area contributed by atoms with Gasteiger partial charge < -0.3 is 5.32 Å². The Bertz CT molecular complexity index is 1110. The Morgan fingerprint density at radius 2 is 1.82 bits per heavy atom. The van der Waals surface area contributed by atoms with Gasteiger partial charge in [0.1, 0.15) is 5.69 Å². The highest BCUT2D eigenvalue weighted by molar-refractivity contribution is 7.80. The van der Waals surface area contributed by atoms with Crippen LogP contribution in [0.4, 0.5) is 0 Å². The van der Waals surface area contributed by atoms with E-state index in [1.165, 1.54) is 5.56 Å². The molecule has 34 heavy (non-hydrogen) atoms. The van der Waals surface area contributed by atoms with Gasteiger partial charge in [-0.15, -0.1) is 0 Å². The van der Waals surface area contributed by atoms with Crippen molar-refractivity contribution in [2.75, 3.05) is 13.2 Å². The van der Waals surface area contributed by atoms with Crippen LogP contribution in [0.25, 0.3) is 11.1 Å². The quantitative estimate of drug-likeness (QED) is 0.373. The summed E-state index contributed by atoms with van der Waals surface area (Å²) < 4.78 is 18.6. The van der Waals surface area contributed by atoms with Crippen LogP contribution in [0.15, 0.2) is 77.8 Å². The minimum Gasteiger partial charge on any atom is -0.348 e. The first-order chi connectivity index (χ1) is 16.5. The molecule has 2 aromatic carbocycles. The molecule has 3 atom stereocenters. The third kappa shape index (κ3) is 6.13. The number of pyridine rings is 1. The predicted octanol–water partition coefficient (Wildman–Crippen LogP) is 3.76. The van der Waals surface area contributed by atoms with Gasteiger partial charge in [0.2, 0.25) is 11.1 Å². The van der Waals surface area contributed by atoms with E-state index in [9.17, 15) is 9.00 Å². The molecule has 178 valence electrons. The van der Waals surface area contributed by atoms with Gasteiger partial charge in [-0.05, 0) is 55.2 Å². The number of carbonyl (C=O) groups is 1. The second-order valence-corrected chi connectivity index (χ2v) is 9.29. The van der Waals surface area contributed by atoms with Crippen molar-refractivity contribution in [1.82, 2.24) is 15.4 Å². The molecule has 0 bridgehead atoms. The largest absolute Gasteiger partial charge is 0.348 e. The molecule has 1 aromatic heterocycles. The van der Waals surface area contributed by atoms with Crippen LogP contribution in [0.1, 0.15) is 28.9 Å². The van der Waals surface area contributed by atoms with Crippen LogP contribution in [-0.4, -0.2) is 50.7 Å².